The molecule has 45 heavy (non-hydrogen) atoms. The number of halogens is 3. The molecule has 0 aliphatic carbocycles. The fourth-order valence-electron chi connectivity index (χ4n) is 5.17. The highest BCUT2D eigenvalue weighted by Gasteiger charge is 2.35. The molecular weight excluding hydrogens is 609 g/mol. The Labute approximate surface area is 262 Å². The van der Waals surface area contributed by atoms with Gasteiger partial charge in [-0.15, -0.1) is 0 Å². The van der Waals surface area contributed by atoms with E-state index in [1.807, 2.05) is 12.1 Å². The number of anilines is 1. The number of benzene rings is 3. The summed E-state index contributed by atoms with van der Waals surface area (Å²) in [5, 5.41) is 12.7. The molecule has 1 fully saturated rings. The lowest BCUT2D eigenvalue weighted by Crippen LogP contribution is -2.34. The second kappa shape index (κ2) is 15.1. The van der Waals surface area contributed by atoms with E-state index >= 15 is 0 Å². The van der Waals surface area contributed by atoms with Crippen molar-refractivity contribution in [1.29, 1.82) is 0 Å². The van der Waals surface area contributed by atoms with Crippen LogP contribution in [-0.4, -0.2) is 63.7 Å². The van der Waals surface area contributed by atoms with Crippen molar-refractivity contribution >= 4 is 21.4 Å². The Morgan fingerprint density at radius 2 is 1.69 bits per heavy atom. The molecule has 0 radical (unpaired) electrons. The highest BCUT2D eigenvalue weighted by atomic mass is 32.2. The molecule has 0 unspecified atom stereocenters. The Morgan fingerprint density at radius 1 is 1.02 bits per heavy atom. The van der Waals surface area contributed by atoms with Gasteiger partial charge in [-0.25, -0.2) is 8.42 Å². The van der Waals surface area contributed by atoms with E-state index in [0.29, 0.717) is 43.1 Å². The number of nitrogens with one attached hydrogen (secondary N) is 1. The van der Waals surface area contributed by atoms with E-state index in [2.05, 4.69) is 17.1 Å². The fraction of sp³-hybridized carbons (Fsp3) is 0.424. The van der Waals surface area contributed by atoms with E-state index in [4.69, 9.17) is 9.47 Å². The lowest BCUT2D eigenvalue weighted by atomic mass is 10.1. The minimum Gasteiger partial charge on any atom is -0.489 e. The second-order valence-electron chi connectivity index (χ2n) is 11.0. The van der Waals surface area contributed by atoms with Crippen molar-refractivity contribution in [1.82, 2.24) is 5.32 Å². The third kappa shape index (κ3) is 8.99. The molecule has 1 saturated heterocycles. The van der Waals surface area contributed by atoms with E-state index in [-0.39, 0.29) is 29.4 Å². The van der Waals surface area contributed by atoms with Crippen molar-refractivity contribution in [3.8, 4) is 5.75 Å². The first-order valence-electron chi connectivity index (χ1n) is 15.0. The van der Waals surface area contributed by atoms with Crippen molar-refractivity contribution < 1.29 is 41.0 Å². The maximum atomic E-state index is 13.1. The third-order valence-corrected chi connectivity index (χ3v) is 9.53. The van der Waals surface area contributed by atoms with E-state index in [0.717, 1.165) is 30.7 Å². The van der Waals surface area contributed by atoms with Crippen LogP contribution in [0.1, 0.15) is 60.6 Å². The molecule has 0 spiro atoms. The van der Waals surface area contributed by atoms with E-state index in [1.54, 1.807) is 31.2 Å². The van der Waals surface area contributed by atoms with Gasteiger partial charge in [-0.2, -0.15) is 13.2 Å². The standard InChI is InChI=1S/C33H39F3N2O6S/c1-3-5-18-43-22-27-19-29(44-28-14-10-25(11-15-28)33(34,35)36)20-38(27)26-12-6-24(7-13-26)32(40)37-31(21-39)23-8-16-30(17-9-23)45(41,42)4-2/h6-17,27,29,31,39H,3-5,18-22H2,1-2H3,(H,37,40)/t27-,29+,31-/m0/s1. The molecule has 0 bridgehead atoms. The molecule has 1 aliphatic heterocycles. The van der Waals surface area contributed by atoms with E-state index in [1.165, 1.54) is 24.3 Å². The van der Waals surface area contributed by atoms with Gasteiger partial charge in [0.2, 0.25) is 0 Å². The summed E-state index contributed by atoms with van der Waals surface area (Å²) < 4.78 is 75.1. The average molecular weight is 649 g/mol. The molecule has 2 N–H and O–H groups in total. The zero-order chi connectivity index (χ0) is 32.6. The van der Waals surface area contributed by atoms with Crippen LogP contribution in [0.5, 0.6) is 5.75 Å². The summed E-state index contributed by atoms with van der Waals surface area (Å²) in [6, 6.07) is 16.9. The average Bonchev–Trinajstić information content (AvgIpc) is 3.44. The van der Waals surface area contributed by atoms with Crippen molar-refractivity contribution in [2.45, 2.75) is 62.4 Å². The SMILES string of the molecule is CCCCOC[C@@H]1C[C@@H](Oc2ccc(C(F)(F)F)cc2)CN1c1ccc(C(=O)N[C@@H](CO)c2ccc(S(=O)(=O)CC)cc2)cc1. The molecule has 12 heteroatoms. The number of rotatable bonds is 14. The number of nitrogens with zero attached hydrogens (tertiary/aromatic N) is 1. The topological polar surface area (TPSA) is 105 Å². The van der Waals surface area contributed by atoms with Crippen LogP contribution in [-0.2, 0) is 20.8 Å². The Morgan fingerprint density at radius 3 is 2.27 bits per heavy atom. The molecule has 1 heterocycles. The first-order chi connectivity index (χ1) is 21.4. The normalized spacial score (nSPS) is 17.7. The molecule has 3 aromatic rings. The van der Waals surface area contributed by atoms with Crippen LogP contribution < -0.4 is 15.0 Å². The summed E-state index contributed by atoms with van der Waals surface area (Å²) in [5.74, 6) is -0.0813. The van der Waals surface area contributed by atoms with Gasteiger partial charge in [-0.1, -0.05) is 32.4 Å². The van der Waals surface area contributed by atoms with Gasteiger partial charge in [0.25, 0.3) is 5.91 Å². The predicted molar refractivity (Wildman–Crippen MR) is 165 cm³/mol. The van der Waals surface area contributed by atoms with Gasteiger partial charge in [0, 0.05) is 24.3 Å². The molecule has 0 saturated carbocycles. The zero-order valence-electron chi connectivity index (χ0n) is 25.3. The van der Waals surface area contributed by atoms with Crippen LogP contribution in [0.2, 0.25) is 0 Å². The number of carbonyl (C=O) groups excluding carboxylic acids is 1. The lowest BCUT2D eigenvalue weighted by Gasteiger charge is -2.26. The highest BCUT2D eigenvalue weighted by molar-refractivity contribution is 7.91. The number of unbranched alkanes of at least 4 members (excludes halogenated alkanes) is 1. The minimum atomic E-state index is -4.42. The van der Waals surface area contributed by atoms with Crippen LogP contribution in [0.25, 0.3) is 0 Å². The molecule has 8 nitrogen and oxygen atoms in total. The minimum absolute atomic E-state index is 0.0284. The van der Waals surface area contributed by atoms with Crippen LogP contribution in [0.15, 0.2) is 77.7 Å². The zero-order valence-corrected chi connectivity index (χ0v) is 26.1. The maximum absolute atomic E-state index is 13.1. The van der Waals surface area contributed by atoms with E-state index in [9.17, 15) is 31.5 Å². The quantitative estimate of drug-likeness (QED) is 0.213. The molecule has 0 aromatic heterocycles. The summed E-state index contributed by atoms with van der Waals surface area (Å²) in [6.07, 6.45) is -2.17. The van der Waals surface area contributed by atoms with Gasteiger partial charge in [-0.05, 0) is 72.6 Å². The molecule has 244 valence electrons. The first-order valence-corrected chi connectivity index (χ1v) is 16.6. The van der Waals surface area contributed by atoms with Crippen LogP contribution in [0, 0.1) is 0 Å². The Balaban J connectivity index is 1.43. The molecular formula is C33H39F3N2O6S. The molecule has 4 rings (SSSR count). The largest absolute Gasteiger partial charge is 0.489 e. The summed E-state index contributed by atoms with van der Waals surface area (Å²) in [4.78, 5) is 15.4. The molecule has 1 aliphatic rings. The summed E-state index contributed by atoms with van der Waals surface area (Å²) >= 11 is 0. The van der Waals surface area contributed by atoms with Gasteiger partial charge in [0.15, 0.2) is 9.84 Å². The molecule has 1 amide bonds. The van der Waals surface area contributed by atoms with Crippen molar-refractivity contribution in [3.63, 3.8) is 0 Å². The Kier molecular flexibility index (Phi) is 11.5. The fourth-order valence-corrected chi connectivity index (χ4v) is 6.05. The van der Waals surface area contributed by atoms with Crippen molar-refractivity contribution in [2.75, 3.05) is 37.0 Å². The number of sulfone groups is 1. The van der Waals surface area contributed by atoms with Gasteiger partial charge in [0.05, 0.1) is 48.1 Å². The van der Waals surface area contributed by atoms with Crippen LogP contribution in [0.3, 0.4) is 0 Å². The first kappa shape index (κ1) is 34.3. The summed E-state index contributed by atoms with van der Waals surface area (Å²) in [7, 11) is -3.37. The van der Waals surface area contributed by atoms with Crippen LogP contribution in [0.4, 0.5) is 18.9 Å². The number of ether oxygens (including phenoxy) is 2. The summed E-state index contributed by atoms with van der Waals surface area (Å²) in [5.41, 5.74) is 1.04. The van der Waals surface area contributed by atoms with Gasteiger partial charge < -0.3 is 24.8 Å². The number of aliphatic hydroxyl groups is 1. The number of hydrogen-bond acceptors (Lipinski definition) is 7. The summed E-state index contributed by atoms with van der Waals surface area (Å²) in [6.45, 7) is 4.81. The van der Waals surface area contributed by atoms with Crippen LogP contribution >= 0.6 is 0 Å². The van der Waals surface area contributed by atoms with Gasteiger partial charge in [-0.3, -0.25) is 4.79 Å². The Bertz CT molecular complexity index is 1500. The molecule has 3 aromatic carbocycles. The highest BCUT2D eigenvalue weighted by Crippen LogP contribution is 2.32. The van der Waals surface area contributed by atoms with Gasteiger partial charge in [0.1, 0.15) is 11.9 Å². The number of alkyl halides is 3. The lowest BCUT2D eigenvalue weighted by molar-refractivity contribution is -0.137. The maximum Gasteiger partial charge on any atom is 0.416 e. The predicted octanol–water partition coefficient (Wildman–Crippen LogP) is 5.81. The number of amides is 1. The smallest absolute Gasteiger partial charge is 0.416 e. The monoisotopic (exact) mass is 648 g/mol. The second-order valence-corrected chi connectivity index (χ2v) is 13.2. The number of hydrogen-bond donors (Lipinski definition) is 2. The Hall–Kier alpha value is -3.61. The van der Waals surface area contributed by atoms with Crippen molar-refractivity contribution in [2.24, 2.45) is 0 Å². The van der Waals surface area contributed by atoms with Gasteiger partial charge >= 0.3 is 6.18 Å². The molecule has 3 atom stereocenters. The third-order valence-electron chi connectivity index (χ3n) is 7.78. The van der Waals surface area contributed by atoms with E-state index < -0.39 is 33.5 Å². The number of carbonyl (C=O) groups is 1. The number of aliphatic hydroxyl groups excluding tert-OH is 1. The van der Waals surface area contributed by atoms with Crippen molar-refractivity contribution in [3.05, 3.63) is 89.5 Å².